The summed E-state index contributed by atoms with van der Waals surface area (Å²) >= 11 is 8.45. The van der Waals surface area contributed by atoms with Crippen LogP contribution in [-0.4, -0.2) is 9.97 Å². The summed E-state index contributed by atoms with van der Waals surface area (Å²) in [5.41, 5.74) is 8.41. The van der Waals surface area contributed by atoms with Gasteiger partial charge in [-0.15, -0.1) is 0 Å². The van der Waals surface area contributed by atoms with Crippen molar-refractivity contribution in [1.82, 2.24) is 4.98 Å². The maximum absolute atomic E-state index is 5.69. The average Bonchev–Trinajstić information content (AvgIpc) is 2.17. The summed E-state index contributed by atoms with van der Waals surface area (Å²) in [6.07, 6.45) is 0. The van der Waals surface area contributed by atoms with Crippen LogP contribution in [0, 0.1) is 6.92 Å². The Morgan fingerprint density at radius 3 is 2.80 bits per heavy atom. The van der Waals surface area contributed by atoms with Gasteiger partial charge >= 0.3 is 0 Å². The fraction of sp³-hybridized carbons (Fsp3) is 0.0909. The summed E-state index contributed by atoms with van der Waals surface area (Å²) in [7, 11) is 0. The molecule has 76 valence electrons. The van der Waals surface area contributed by atoms with Crippen LogP contribution in [0.25, 0.3) is 10.9 Å². The molecule has 0 fully saturated rings. The molecule has 0 saturated heterocycles. The SMILES string of the molecule is Cc1cc(C(N)=S)c2cc(Br)ccc2n1. The molecule has 0 atom stereocenters. The first-order valence-electron chi connectivity index (χ1n) is 4.44. The molecular weight excluding hydrogens is 272 g/mol. The van der Waals surface area contributed by atoms with Crippen molar-refractivity contribution in [2.24, 2.45) is 5.73 Å². The van der Waals surface area contributed by atoms with E-state index in [0.717, 1.165) is 26.6 Å². The van der Waals surface area contributed by atoms with E-state index in [-0.39, 0.29) is 0 Å². The van der Waals surface area contributed by atoms with Crippen molar-refractivity contribution >= 4 is 44.0 Å². The van der Waals surface area contributed by atoms with E-state index in [4.69, 9.17) is 18.0 Å². The Kier molecular flexibility index (Phi) is 2.71. The minimum atomic E-state index is 0.406. The van der Waals surface area contributed by atoms with Gasteiger partial charge in [-0.2, -0.15) is 0 Å². The van der Waals surface area contributed by atoms with Crippen molar-refractivity contribution in [3.05, 3.63) is 40.0 Å². The molecule has 0 amide bonds. The second-order valence-electron chi connectivity index (χ2n) is 3.34. The quantitative estimate of drug-likeness (QED) is 0.817. The Hall–Kier alpha value is -1.00. The molecule has 0 bridgehead atoms. The predicted molar refractivity (Wildman–Crippen MR) is 70.1 cm³/mol. The molecule has 2 rings (SSSR count). The number of pyridine rings is 1. The topological polar surface area (TPSA) is 38.9 Å². The standard InChI is InChI=1S/C11H9BrN2S/c1-6-4-9(11(13)15)8-5-7(12)2-3-10(8)14-6/h2-5H,1H3,(H2,13,15). The average molecular weight is 281 g/mol. The number of benzene rings is 1. The van der Waals surface area contributed by atoms with Crippen LogP contribution < -0.4 is 5.73 Å². The largest absolute Gasteiger partial charge is 0.389 e. The number of thiocarbonyl (C=S) groups is 1. The number of aryl methyl sites for hydroxylation is 1. The van der Waals surface area contributed by atoms with E-state index < -0.39 is 0 Å². The van der Waals surface area contributed by atoms with Crippen molar-refractivity contribution in [3.8, 4) is 0 Å². The first kappa shape index (κ1) is 10.5. The van der Waals surface area contributed by atoms with Gasteiger partial charge in [0.05, 0.1) is 5.52 Å². The van der Waals surface area contributed by atoms with E-state index in [9.17, 15) is 0 Å². The molecule has 1 heterocycles. The lowest BCUT2D eigenvalue weighted by molar-refractivity contribution is 1.25. The van der Waals surface area contributed by atoms with Gasteiger partial charge in [-0.05, 0) is 31.2 Å². The van der Waals surface area contributed by atoms with Gasteiger partial charge in [-0.1, -0.05) is 28.1 Å². The van der Waals surface area contributed by atoms with Gasteiger partial charge in [-0.3, -0.25) is 4.98 Å². The summed E-state index contributed by atoms with van der Waals surface area (Å²) in [6.45, 7) is 1.93. The highest BCUT2D eigenvalue weighted by Crippen LogP contribution is 2.22. The smallest absolute Gasteiger partial charge is 0.104 e. The number of aromatic nitrogens is 1. The summed E-state index contributed by atoms with van der Waals surface area (Å²) in [5.74, 6) is 0. The molecule has 0 radical (unpaired) electrons. The molecule has 2 N–H and O–H groups in total. The molecule has 4 heteroatoms. The maximum atomic E-state index is 5.69. The van der Waals surface area contributed by atoms with Crippen molar-refractivity contribution in [2.45, 2.75) is 6.92 Å². The van der Waals surface area contributed by atoms with Crippen LogP contribution in [0.5, 0.6) is 0 Å². The molecule has 1 aromatic carbocycles. The number of hydrogen-bond donors (Lipinski definition) is 1. The highest BCUT2D eigenvalue weighted by atomic mass is 79.9. The zero-order valence-corrected chi connectivity index (χ0v) is 10.5. The van der Waals surface area contributed by atoms with Gasteiger partial charge in [0.2, 0.25) is 0 Å². The second kappa shape index (κ2) is 3.87. The highest BCUT2D eigenvalue weighted by Gasteiger charge is 2.06. The molecule has 0 aliphatic carbocycles. The van der Waals surface area contributed by atoms with Crippen molar-refractivity contribution in [2.75, 3.05) is 0 Å². The summed E-state index contributed by atoms with van der Waals surface area (Å²) in [6, 6.07) is 7.81. The van der Waals surface area contributed by atoms with Crippen LogP contribution in [0.1, 0.15) is 11.3 Å². The molecule has 0 unspecified atom stereocenters. The second-order valence-corrected chi connectivity index (χ2v) is 4.69. The van der Waals surface area contributed by atoms with Crippen LogP contribution in [0.2, 0.25) is 0 Å². The maximum Gasteiger partial charge on any atom is 0.104 e. The van der Waals surface area contributed by atoms with Gasteiger partial charge in [0.15, 0.2) is 0 Å². The Labute approximate surface area is 102 Å². The minimum absolute atomic E-state index is 0.406. The van der Waals surface area contributed by atoms with E-state index in [1.54, 1.807) is 0 Å². The van der Waals surface area contributed by atoms with Crippen molar-refractivity contribution < 1.29 is 0 Å². The highest BCUT2D eigenvalue weighted by molar-refractivity contribution is 9.10. The normalized spacial score (nSPS) is 10.5. The first-order chi connectivity index (χ1) is 7.08. The van der Waals surface area contributed by atoms with Crippen LogP contribution >= 0.6 is 28.1 Å². The molecule has 15 heavy (non-hydrogen) atoms. The van der Waals surface area contributed by atoms with E-state index in [0.29, 0.717) is 4.99 Å². The molecule has 1 aromatic heterocycles. The number of fused-ring (bicyclic) bond motifs is 1. The van der Waals surface area contributed by atoms with Gasteiger partial charge < -0.3 is 5.73 Å². The molecule has 0 spiro atoms. The van der Waals surface area contributed by atoms with Crippen LogP contribution in [-0.2, 0) is 0 Å². The predicted octanol–water partition coefficient (Wildman–Crippen LogP) is 2.94. The summed E-state index contributed by atoms with van der Waals surface area (Å²) in [4.78, 5) is 4.83. The van der Waals surface area contributed by atoms with Crippen molar-refractivity contribution in [1.29, 1.82) is 0 Å². The van der Waals surface area contributed by atoms with Gasteiger partial charge in [0, 0.05) is 21.1 Å². The number of rotatable bonds is 1. The fourth-order valence-corrected chi connectivity index (χ4v) is 2.06. The van der Waals surface area contributed by atoms with Gasteiger partial charge in [0.25, 0.3) is 0 Å². The Balaban J connectivity index is 2.87. The first-order valence-corrected chi connectivity index (χ1v) is 5.65. The van der Waals surface area contributed by atoms with Crippen LogP contribution in [0.15, 0.2) is 28.7 Å². The Morgan fingerprint density at radius 1 is 1.40 bits per heavy atom. The zero-order chi connectivity index (χ0) is 11.0. The Bertz CT molecular complexity index is 552. The molecule has 0 saturated carbocycles. The number of hydrogen-bond acceptors (Lipinski definition) is 2. The molecular formula is C11H9BrN2S. The van der Waals surface area contributed by atoms with E-state index in [1.165, 1.54) is 0 Å². The van der Waals surface area contributed by atoms with E-state index in [2.05, 4.69) is 20.9 Å². The van der Waals surface area contributed by atoms with Gasteiger partial charge in [0.1, 0.15) is 4.99 Å². The molecule has 2 aromatic rings. The minimum Gasteiger partial charge on any atom is -0.389 e. The van der Waals surface area contributed by atoms with Gasteiger partial charge in [-0.25, -0.2) is 0 Å². The number of nitrogens with zero attached hydrogens (tertiary/aromatic N) is 1. The number of halogens is 1. The van der Waals surface area contributed by atoms with Crippen LogP contribution in [0.4, 0.5) is 0 Å². The third-order valence-corrected chi connectivity index (χ3v) is 2.88. The molecule has 0 aliphatic heterocycles. The monoisotopic (exact) mass is 280 g/mol. The third kappa shape index (κ3) is 2.01. The zero-order valence-electron chi connectivity index (χ0n) is 8.12. The van der Waals surface area contributed by atoms with E-state index in [1.807, 2.05) is 31.2 Å². The van der Waals surface area contributed by atoms with Crippen molar-refractivity contribution in [3.63, 3.8) is 0 Å². The fourth-order valence-electron chi connectivity index (χ4n) is 1.53. The summed E-state index contributed by atoms with van der Waals surface area (Å²) in [5, 5.41) is 0.988. The third-order valence-electron chi connectivity index (χ3n) is 2.16. The summed E-state index contributed by atoms with van der Waals surface area (Å²) < 4.78 is 0.998. The lowest BCUT2D eigenvalue weighted by atomic mass is 10.1. The molecule has 2 nitrogen and oxygen atoms in total. The van der Waals surface area contributed by atoms with E-state index >= 15 is 0 Å². The Morgan fingerprint density at radius 2 is 2.13 bits per heavy atom. The molecule has 0 aliphatic rings. The lowest BCUT2D eigenvalue weighted by Crippen LogP contribution is -2.10. The van der Waals surface area contributed by atoms with Crippen LogP contribution in [0.3, 0.4) is 0 Å². The lowest BCUT2D eigenvalue weighted by Gasteiger charge is -2.06. The number of nitrogens with two attached hydrogens (primary N) is 1.